The van der Waals surface area contributed by atoms with Crippen molar-refractivity contribution >= 4 is 5.97 Å². The first-order valence-corrected chi connectivity index (χ1v) is 9.39. The summed E-state index contributed by atoms with van der Waals surface area (Å²) in [4.78, 5) is 11.5. The van der Waals surface area contributed by atoms with Crippen molar-refractivity contribution < 1.29 is 34.3 Å². The molecule has 0 amide bonds. The molecule has 2 fully saturated rings. The molecule has 2 rings (SSSR count). The molecule has 7 nitrogen and oxygen atoms in total. The van der Waals surface area contributed by atoms with E-state index >= 15 is 0 Å². The largest absolute Gasteiger partial charge is 0.463 e. The summed E-state index contributed by atoms with van der Waals surface area (Å²) in [6.07, 6.45) is -0.625. The van der Waals surface area contributed by atoms with Gasteiger partial charge in [-0.05, 0) is 33.6 Å². The number of hydrogen-bond donors (Lipinski definition) is 3. The van der Waals surface area contributed by atoms with Gasteiger partial charge < -0.3 is 29.5 Å². The Morgan fingerprint density at radius 3 is 2.58 bits per heavy atom. The lowest BCUT2D eigenvalue weighted by atomic mass is 9.85. The Kier molecular flexibility index (Phi) is 7.61. The van der Waals surface area contributed by atoms with Crippen LogP contribution in [0.4, 0.5) is 0 Å². The molecule has 0 unspecified atom stereocenters. The molecule has 26 heavy (non-hydrogen) atoms. The second-order valence-corrected chi connectivity index (χ2v) is 7.53. The monoisotopic (exact) mass is 372 g/mol. The molecule has 0 bridgehead atoms. The Hall–Kier alpha value is -0.990. The highest BCUT2D eigenvalue weighted by molar-refractivity contribution is 5.82. The molecule has 0 aliphatic carbocycles. The topological polar surface area (TPSA) is 109 Å². The predicted octanol–water partition coefficient (Wildman–Crippen LogP) is 0.797. The van der Waals surface area contributed by atoms with Crippen molar-refractivity contribution in [3.05, 3.63) is 11.6 Å². The first-order chi connectivity index (χ1) is 12.2. The minimum absolute atomic E-state index is 0.00757. The van der Waals surface area contributed by atoms with Gasteiger partial charge in [0.15, 0.2) is 0 Å². The molecule has 0 spiro atoms. The number of carbonyl (C=O) groups is 1. The van der Waals surface area contributed by atoms with E-state index in [-0.39, 0.29) is 24.0 Å². The van der Waals surface area contributed by atoms with E-state index < -0.39 is 30.4 Å². The van der Waals surface area contributed by atoms with Crippen LogP contribution in [0.2, 0.25) is 0 Å². The van der Waals surface area contributed by atoms with Gasteiger partial charge in [-0.1, -0.05) is 12.5 Å². The Morgan fingerprint density at radius 1 is 1.27 bits per heavy atom. The Morgan fingerprint density at radius 2 is 1.96 bits per heavy atom. The van der Waals surface area contributed by atoms with Crippen molar-refractivity contribution in [1.29, 1.82) is 0 Å². The van der Waals surface area contributed by atoms with Gasteiger partial charge in [0.05, 0.1) is 43.7 Å². The van der Waals surface area contributed by atoms with Crippen molar-refractivity contribution in [3.63, 3.8) is 0 Å². The van der Waals surface area contributed by atoms with E-state index in [0.717, 1.165) is 5.57 Å². The van der Waals surface area contributed by atoms with E-state index in [9.17, 15) is 20.1 Å². The van der Waals surface area contributed by atoms with Crippen LogP contribution in [0.15, 0.2) is 11.6 Å². The van der Waals surface area contributed by atoms with E-state index in [2.05, 4.69) is 0 Å². The maximum absolute atomic E-state index is 11.5. The fourth-order valence-corrected chi connectivity index (χ4v) is 3.47. The third-order valence-electron chi connectivity index (χ3n) is 5.35. The van der Waals surface area contributed by atoms with Gasteiger partial charge in [0, 0.05) is 17.9 Å². The van der Waals surface area contributed by atoms with Gasteiger partial charge in [0.2, 0.25) is 0 Å². The zero-order valence-corrected chi connectivity index (χ0v) is 16.0. The van der Waals surface area contributed by atoms with Crippen LogP contribution in [-0.4, -0.2) is 71.1 Å². The van der Waals surface area contributed by atoms with Crippen LogP contribution < -0.4 is 0 Å². The lowest BCUT2D eigenvalue weighted by Crippen LogP contribution is -2.50. The molecule has 150 valence electrons. The van der Waals surface area contributed by atoms with Gasteiger partial charge in [-0.25, -0.2) is 4.79 Å². The average molecular weight is 372 g/mol. The summed E-state index contributed by atoms with van der Waals surface area (Å²) in [6.45, 7) is 7.82. The van der Waals surface area contributed by atoms with E-state index in [1.54, 1.807) is 20.8 Å². The number of esters is 1. The molecule has 2 aliphatic heterocycles. The van der Waals surface area contributed by atoms with Crippen LogP contribution in [-0.2, 0) is 19.0 Å². The quantitative estimate of drug-likeness (QED) is 0.328. The van der Waals surface area contributed by atoms with Crippen molar-refractivity contribution in [1.82, 2.24) is 0 Å². The molecule has 0 aromatic carbocycles. The maximum atomic E-state index is 11.5. The highest BCUT2D eigenvalue weighted by atomic mass is 16.6. The fraction of sp³-hybridized carbons (Fsp3) is 0.842. The second-order valence-electron chi connectivity index (χ2n) is 7.53. The number of hydrogen-bond acceptors (Lipinski definition) is 7. The minimum Gasteiger partial charge on any atom is -0.463 e. The van der Waals surface area contributed by atoms with Gasteiger partial charge >= 0.3 is 5.97 Å². The molecular formula is C19H32O7. The SMILES string of the molecule is CCOC(=O)C=C(C)C[C@@H]1OC[C@H](C[C@@H]2O[C@H]2[C@@H](C)[C@H](C)O)[C@@H](O)[C@H]1O. The molecule has 7 heteroatoms. The summed E-state index contributed by atoms with van der Waals surface area (Å²) in [5.41, 5.74) is 0.731. The van der Waals surface area contributed by atoms with Crippen LogP contribution in [0.25, 0.3) is 0 Å². The smallest absolute Gasteiger partial charge is 0.330 e. The minimum atomic E-state index is -1.02. The molecule has 2 heterocycles. The standard InChI is InChI=1S/C19H32O7/c1-5-24-16(21)7-10(2)6-14-18(23)17(22)13(9-25-14)8-15-19(26-15)11(3)12(4)20/h7,11-15,17-20,22-23H,5-6,8-9H2,1-4H3/t11-,12-,13-,14-,15-,17+,18-,19-/m0/s1. The summed E-state index contributed by atoms with van der Waals surface area (Å²) >= 11 is 0. The number of aliphatic hydroxyl groups excluding tert-OH is 3. The van der Waals surface area contributed by atoms with Gasteiger partial charge in [-0.3, -0.25) is 0 Å². The molecule has 0 radical (unpaired) electrons. The third kappa shape index (κ3) is 5.50. The lowest BCUT2D eigenvalue weighted by Gasteiger charge is -2.38. The van der Waals surface area contributed by atoms with E-state index in [4.69, 9.17) is 14.2 Å². The summed E-state index contributed by atoms with van der Waals surface area (Å²) < 4.78 is 16.2. The van der Waals surface area contributed by atoms with Gasteiger partial charge in [0.1, 0.15) is 6.10 Å². The van der Waals surface area contributed by atoms with Crippen molar-refractivity contribution in [2.24, 2.45) is 11.8 Å². The molecule has 0 aromatic rings. The van der Waals surface area contributed by atoms with E-state index in [1.165, 1.54) is 6.08 Å². The summed E-state index contributed by atoms with van der Waals surface area (Å²) in [5.74, 6) is -0.598. The Labute approximate surface area is 154 Å². The molecule has 8 atom stereocenters. The molecule has 2 aliphatic rings. The zero-order chi connectivity index (χ0) is 19.4. The summed E-state index contributed by atoms with van der Waals surface area (Å²) in [7, 11) is 0. The lowest BCUT2D eigenvalue weighted by molar-refractivity contribution is -0.165. The van der Waals surface area contributed by atoms with Crippen LogP contribution in [0, 0.1) is 11.8 Å². The van der Waals surface area contributed by atoms with Crippen molar-refractivity contribution in [3.8, 4) is 0 Å². The Bertz CT molecular complexity index is 504. The molecule has 2 saturated heterocycles. The second kappa shape index (κ2) is 9.28. The van der Waals surface area contributed by atoms with E-state index in [0.29, 0.717) is 26.1 Å². The number of rotatable bonds is 8. The van der Waals surface area contributed by atoms with E-state index in [1.807, 2.05) is 6.92 Å². The first-order valence-electron chi connectivity index (χ1n) is 9.39. The highest BCUT2D eigenvalue weighted by Crippen LogP contribution is 2.38. The first kappa shape index (κ1) is 21.3. The van der Waals surface area contributed by atoms with Crippen LogP contribution >= 0.6 is 0 Å². The summed E-state index contributed by atoms with van der Waals surface area (Å²) in [5, 5.41) is 30.5. The number of epoxide rings is 1. The Balaban J connectivity index is 1.83. The number of ether oxygens (including phenoxy) is 3. The average Bonchev–Trinajstić information content (AvgIpc) is 3.33. The maximum Gasteiger partial charge on any atom is 0.330 e. The van der Waals surface area contributed by atoms with Crippen molar-refractivity contribution in [2.75, 3.05) is 13.2 Å². The van der Waals surface area contributed by atoms with Crippen LogP contribution in [0.3, 0.4) is 0 Å². The molecule has 0 aromatic heterocycles. The van der Waals surface area contributed by atoms with Crippen molar-refractivity contribution in [2.45, 2.75) is 77.2 Å². The van der Waals surface area contributed by atoms with Gasteiger partial charge in [-0.2, -0.15) is 0 Å². The zero-order valence-electron chi connectivity index (χ0n) is 16.0. The predicted molar refractivity (Wildman–Crippen MR) is 94.4 cm³/mol. The molecule has 3 N–H and O–H groups in total. The molecule has 0 saturated carbocycles. The normalized spacial score (nSPS) is 37.1. The number of carbonyl (C=O) groups excluding carboxylic acids is 1. The van der Waals surface area contributed by atoms with Crippen LogP contribution in [0.5, 0.6) is 0 Å². The fourth-order valence-electron chi connectivity index (χ4n) is 3.47. The van der Waals surface area contributed by atoms with Gasteiger partial charge in [0.25, 0.3) is 0 Å². The summed E-state index contributed by atoms with van der Waals surface area (Å²) in [6, 6.07) is 0. The third-order valence-corrected chi connectivity index (χ3v) is 5.35. The van der Waals surface area contributed by atoms with Crippen LogP contribution in [0.1, 0.15) is 40.5 Å². The highest BCUT2D eigenvalue weighted by Gasteiger charge is 2.48. The van der Waals surface area contributed by atoms with Gasteiger partial charge in [-0.15, -0.1) is 0 Å². The molecular weight excluding hydrogens is 340 g/mol. The number of aliphatic hydroxyl groups is 3.